The highest BCUT2D eigenvalue weighted by Gasteiger charge is 2.29. The molecule has 2 N–H and O–H groups in total. The Morgan fingerprint density at radius 3 is 2.71 bits per heavy atom. The molecule has 1 aromatic carbocycles. The SMILES string of the molecule is COC(=O)c1cc2c(s1)-c1ncc(F)cc1N(C(=O)c1ccc(N)cc1)CC2. The fourth-order valence-electron chi connectivity index (χ4n) is 3.17. The van der Waals surface area contributed by atoms with Crippen molar-refractivity contribution in [2.24, 2.45) is 0 Å². The van der Waals surface area contributed by atoms with E-state index in [1.807, 2.05) is 0 Å². The van der Waals surface area contributed by atoms with Gasteiger partial charge in [-0.1, -0.05) is 0 Å². The molecule has 0 bridgehead atoms. The fourth-order valence-corrected chi connectivity index (χ4v) is 4.30. The quantitative estimate of drug-likeness (QED) is 0.528. The molecule has 1 aliphatic rings. The minimum Gasteiger partial charge on any atom is -0.465 e. The number of rotatable bonds is 2. The molecule has 0 spiro atoms. The van der Waals surface area contributed by atoms with Crippen molar-refractivity contribution in [1.82, 2.24) is 4.98 Å². The highest BCUT2D eigenvalue weighted by Crippen LogP contribution is 2.41. The number of esters is 1. The first kappa shape index (κ1) is 18.1. The van der Waals surface area contributed by atoms with Gasteiger partial charge in [0, 0.05) is 23.9 Å². The number of halogens is 1. The van der Waals surface area contributed by atoms with Crippen LogP contribution in [-0.4, -0.2) is 30.5 Å². The molecule has 0 saturated carbocycles. The van der Waals surface area contributed by atoms with Crippen LogP contribution < -0.4 is 10.6 Å². The lowest BCUT2D eigenvalue weighted by Gasteiger charge is -2.22. The number of nitrogen functional groups attached to an aromatic ring is 1. The summed E-state index contributed by atoms with van der Waals surface area (Å²) in [5, 5.41) is 0. The number of nitrogens with two attached hydrogens (primary N) is 1. The molecule has 4 rings (SSSR count). The van der Waals surface area contributed by atoms with Gasteiger partial charge in [0.05, 0.1) is 23.9 Å². The summed E-state index contributed by atoms with van der Waals surface area (Å²) < 4.78 is 18.8. The number of carbonyl (C=O) groups is 2. The molecule has 2 aromatic heterocycles. The van der Waals surface area contributed by atoms with Gasteiger partial charge >= 0.3 is 5.97 Å². The Labute approximate surface area is 164 Å². The van der Waals surface area contributed by atoms with Gasteiger partial charge in [0.1, 0.15) is 16.4 Å². The van der Waals surface area contributed by atoms with Gasteiger partial charge in [0.25, 0.3) is 5.91 Å². The van der Waals surface area contributed by atoms with E-state index >= 15 is 0 Å². The number of hydrogen-bond acceptors (Lipinski definition) is 6. The number of hydrogen-bond donors (Lipinski definition) is 1. The predicted molar refractivity (Wildman–Crippen MR) is 105 cm³/mol. The normalized spacial score (nSPS) is 12.7. The molecule has 0 atom stereocenters. The maximum Gasteiger partial charge on any atom is 0.348 e. The maximum atomic E-state index is 14.0. The number of fused-ring (bicyclic) bond motifs is 3. The fraction of sp³-hybridized carbons (Fsp3) is 0.150. The molecule has 0 unspecified atom stereocenters. The van der Waals surface area contributed by atoms with E-state index in [4.69, 9.17) is 10.5 Å². The summed E-state index contributed by atoms with van der Waals surface area (Å²) in [6.07, 6.45) is 1.61. The molecule has 0 fully saturated rings. The molecule has 0 saturated heterocycles. The molecular weight excluding hydrogens is 381 g/mol. The van der Waals surface area contributed by atoms with E-state index in [0.717, 1.165) is 16.6 Å². The number of pyridine rings is 1. The van der Waals surface area contributed by atoms with Gasteiger partial charge in [-0.05, 0) is 42.3 Å². The molecule has 1 aliphatic heterocycles. The predicted octanol–water partition coefficient (Wildman–Crippen LogP) is 3.52. The largest absolute Gasteiger partial charge is 0.465 e. The number of nitrogens with zero attached hydrogens (tertiary/aromatic N) is 2. The van der Waals surface area contributed by atoms with Crippen LogP contribution in [0.15, 0.2) is 42.6 Å². The van der Waals surface area contributed by atoms with Gasteiger partial charge in [-0.2, -0.15) is 0 Å². The Morgan fingerprint density at radius 1 is 1.25 bits per heavy atom. The lowest BCUT2D eigenvalue weighted by atomic mass is 10.1. The van der Waals surface area contributed by atoms with E-state index in [-0.39, 0.29) is 5.91 Å². The van der Waals surface area contributed by atoms with Crippen molar-refractivity contribution in [3.05, 3.63) is 64.4 Å². The molecule has 1 amide bonds. The molecular formula is C20H16FN3O3S. The van der Waals surface area contributed by atoms with Crippen molar-refractivity contribution in [3.63, 3.8) is 0 Å². The van der Waals surface area contributed by atoms with Crippen LogP contribution in [-0.2, 0) is 11.2 Å². The van der Waals surface area contributed by atoms with Crippen molar-refractivity contribution in [1.29, 1.82) is 0 Å². The van der Waals surface area contributed by atoms with E-state index in [1.54, 1.807) is 30.3 Å². The third kappa shape index (κ3) is 3.11. The van der Waals surface area contributed by atoms with Gasteiger partial charge in [-0.3, -0.25) is 9.78 Å². The first-order valence-electron chi connectivity index (χ1n) is 8.52. The summed E-state index contributed by atoms with van der Waals surface area (Å²) >= 11 is 1.23. The molecule has 28 heavy (non-hydrogen) atoms. The van der Waals surface area contributed by atoms with Gasteiger partial charge in [0.2, 0.25) is 0 Å². The molecule has 0 radical (unpaired) electrons. The first-order chi connectivity index (χ1) is 13.5. The van der Waals surface area contributed by atoms with E-state index in [0.29, 0.717) is 40.5 Å². The molecule has 0 aliphatic carbocycles. The van der Waals surface area contributed by atoms with Gasteiger partial charge in [-0.15, -0.1) is 11.3 Å². The first-order valence-corrected chi connectivity index (χ1v) is 9.34. The second-order valence-corrected chi connectivity index (χ2v) is 7.36. The minimum atomic E-state index is -0.540. The number of amides is 1. The van der Waals surface area contributed by atoms with Gasteiger partial charge < -0.3 is 15.4 Å². The maximum absolute atomic E-state index is 14.0. The van der Waals surface area contributed by atoms with Crippen molar-refractivity contribution >= 4 is 34.6 Å². The number of thiophene rings is 1. The standard InChI is InChI=1S/C20H16FN3O3S/c1-27-20(26)16-8-12-6-7-24(19(25)11-2-4-14(22)5-3-11)15-9-13(21)10-23-17(15)18(12)28-16/h2-5,8-10H,6-7,22H2,1H3. The molecule has 3 aromatic rings. The Morgan fingerprint density at radius 2 is 2.00 bits per heavy atom. The monoisotopic (exact) mass is 397 g/mol. The summed E-state index contributed by atoms with van der Waals surface area (Å²) in [5.74, 6) is -1.24. The third-order valence-corrected chi connectivity index (χ3v) is 5.71. The van der Waals surface area contributed by atoms with E-state index < -0.39 is 11.8 Å². The average molecular weight is 397 g/mol. The average Bonchev–Trinajstić information content (AvgIpc) is 3.06. The van der Waals surface area contributed by atoms with Crippen LogP contribution in [0.4, 0.5) is 15.8 Å². The van der Waals surface area contributed by atoms with Crippen LogP contribution >= 0.6 is 11.3 Å². The lowest BCUT2D eigenvalue weighted by molar-refractivity contribution is 0.0606. The number of anilines is 2. The van der Waals surface area contributed by atoms with Crippen LogP contribution in [0.2, 0.25) is 0 Å². The van der Waals surface area contributed by atoms with E-state index in [2.05, 4.69) is 4.98 Å². The second-order valence-electron chi connectivity index (χ2n) is 6.31. The van der Waals surface area contributed by atoms with E-state index in [1.165, 1.54) is 29.4 Å². The van der Waals surface area contributed by atoms with Crippen LogP contribution in [0, 0.1) is 5.82 Å². The summed E-state index contributed by atoms with van der Waals surface area (Å²) in [4.78, 5) is 31.9. The molecule has 6 nitrogen and oxygen atoms in total. The molecule has 142 valence electrons. The summed E-state index contributed by atoms with van der Waals surface area (Å²) in [6, 6.07) is 9.62. The molecule has 3 heterocycles. The van der Waals surface area contributed by atoms with Crippen molar-refractivity contribution in [3.8, 4) is 10.6 Å². The Hall–Kier alpha value is -3.26. The Bertz CT molecular complexity index is 1080. The number of aromatic nitrogens is 1. The smallest absolute Gasteiger partial charge is 0.348 e. The van der Waals surface area contributed by atoms with Crippen LogP contribution in [0.3, 0.4) is 0 Å². The van der Waals surface area contributed by atoms with Crippen molar-refractivity contribution < 1.29 is 18.7 Å². The van der Waals surface area contributed by atoms with Crippen molar-refractivity contribution in [2.75, 3.05) is 24.3 Å². The zero-order chi connectivity index (χ0) is 19.8. The second kappa shape index (κ2) is 7.05. The highest BCUT2D eigenvalue weighted by molar-refractivity contribution is 7.17. The van der Waals surface area contributed by atoms with Crippen LogP contribution in [0.25, 0.3) is 10.6 Å². The van der Waals surface area contributed by atoms with E-state index in [9.17, 15) is 14.0 Å². The Kier molecular flexibility index (Phi) is 4.56. The summed E-state index contributed by atoms with van der Waals surface area (Å²) in [5.41, 5.74) is 8.42. The Balaban J connectivity index is 1.81. The number of carbonyl (C=O) groups excluding carboxylic acids is 2. The van der Waals surface area contributed by atoms with Crippen molar-refractivity contribution in [2.45, 2.75) is 6.42 Å². The third-order valence-electron chi connectivity index (χ3n) is 4.54. The topological polar surface area (TPSA) is 85.5 Å². The molecule has 8 heteroatoms. The zero-order valence-corrected chi connectivity index (χ0v) is 15.8. The summed E-state index contributed by atoms with van der Waals surface area (Å²) in [6.45, 7) is 0.325. The van der Waals surface area contributed by atoms with Gasteiger partial charge in [0.15, 0.2) is 0 Å². The number of ether oxygens (including phenoxy) is 1. The zero-order valence-electron chi connectivity index (χ0n) is 14.9. The van der Waals surface area contributed by atoms with Gasteiger partial charge in [-0.25, -0.2) is 9.18 Å². The summed E-state index contributed by atoms with van der Waals surface area (Å²) in [7, 11) is 1.32. The minimum absolute atomic E-state index is 0.267. The number of methoxy groups -OCH3 is 1. The van der Waals surface area contributed by atoms with Crippen LogP contribution in [0.5, 0.6) is 0 Å². The lowest BCUT2D eigenvalue weighted by Crippen LogP contribution is -2.32. The highest BCUT2D eigenvalue weighted by atomic mass is 32.1. The van der Waals surface area contributed by atoms with Crippen LogP contribution in [0.1, 0.15) is 25.6 Å². The number of benzene rings is 1.